The molecule has 1 amide bonds. The second-order valence-electron chi connectivity index (χ2n) is 6.49. The van der Waals surface area contributed by atoms with Crippen LogP contribution < -0.4 is 4.74 Å². The fourth-order valence-electron chi connectivity index (χ4n) is 3.00. The second-order valence-corrected chi connectivity index (χ2v) is 6.49. The topological polar surface area (TPSA) is 69.5 Å². The maximum Gasteiger partial charge on any atom is 0.223 e. The summed E-state index contributed by atoms with van der Waals surface area (Å²) >= 11 is 0. The summed E-state index contributed by atoms with van der Waals surface area (Å²) in [6.07, 6.45) is 8.04. The summed E-state index contributed by atoms with van der Waals surface area (Å²) in [6, 6.07) is 1.97. The van der Waals surface area contributed by atoms with Crippen molar-refractivity contribution in [2.75, 3.05) is 20.3 Å². The number of hydrogen-bond acceptors (Lipinski definition) is 5. The number of aromatic nitrogens is 3. The van der Waals surface area contributed by atoms with E-state index < -0.39 is 0 Å². The molecular formula is C18H24N4O3. The lowest BCUT2D eigenvalue weighted by molar-refractivity contribution is -0.133. The first-order valence-electron chi connectivity index (χ1n) is 8.42. The Bertz CT molecular complexity index is 731. The Balaban J connectivity index is 1.56. The van der Waals surface area contributed by atoms with E-state index in [9.17, 15) is 4.79 Å². The predicted molar refractivity (Wildman–Crippen MR) is 92.3 cm³/mol. The van der Waals surface area contributed by atoms with E-state index in [1.165, 1.54) is 0 Å². The van der Waals surface area contributed by atoms with Crippen molar-refractivity contribution < 1.29 is 14.3 Å². The molecule has 0 bridgehead atoms. The number of rotatable bonds is 6. The van der Waals surface area contributed by atoms with Crippen LogP contribution in [0.2, 0.25) is 0 Å². The van der Waals surface area contributed by atoms with Gasteiger partial charge in [-0.15, -0.1) is 0 Å². The van der Waals surface area contributed by atoms with Gasteiger partial charge in [0, 0.05) is 32.9 Å². The molecule has 0 N–H and O–H groups in total. The zero-order valence-corrected chi connectivity index (χ0v) is 14.9. The highest BCUT2D eigenvalue weighted by molar-refractivity contribution is 5.76. The van der Waals surface area contributed by atoms with Crippen LogP contribution in [-0.2, 0) is 23.0 Å². The van der Waals surface area contributed by atoms with Crippen molar-refractivity contribution >= 4 is 5.91 Å². The third-order valence-electron chi connectivity index (χ3n) is 4.42. The number of hydrogen-bond donors (Lipinski definition) is 0. The van der Waals surface area contributed by atoms with Gasteiger partial charge in [-0.3, -0.25) is 14.5 Å². The van der Waals surface area contributed by atoms with Gasteiger partial charge in [0.2, 0.25) is 5.91 Å². The molecule has 1 aliphatic rings. The SMILES string of the molecule is Cc1cncc(CCC(=O)N(C)[C@H]2COC[C@H]2Oc2cnn(C)c2)c1. The Morgan fingerprint density at radius 2 is 2.24 bits per heavy atom. The summed E-state index contributed by atoms with van der Waals surface area (Å²) in [5.74, 6) is 0.770. The third-order valence-corrected chi connectivity index (χ3v) is 4.42. The smallest absolute Gasteiger partial charge is 0.223 e. The van der Waals surface area contributed by atoms with Crippen LogP contribution in [0.1, 0.15) is 17.5 Å². The van der Waals surface area contributed by atoms with E-state index in [0.717, 1.165) is 11.1 Å². The highest BCUT2D eigenvalue weighted by Crippen LogP contribution is 2.20. The molecule has 1 saturated heterocycles. The zero-order valence-electron chi connectivity index (χ0n) is 14.9. The Kier molecular flexibility index (Phi) is 5.33. The zero-order chi connectivity index (χ0) is 17.8. The lowest BCUT2D eigenvalue weighted by Crippen LogP contribution is -2.46. The molecule has 3 rings (SSSR count). The molecule has 0 aliphatic carbocycles. The summed E-state index contributed by atoms with van der Waals surface area (Å²) < 4.78 is 13.2. The minimum atomic E-state index is -0.182. The van der Waals surface area contributed by atoms with Crippen LogP contribution in [0.3, 0.4) is 0 Å². The van der Waals surface area contributed by atoms with Crippen molar-refractivity contribution in [3.63, 3.8) is 0 Å². The van der Waals surface area contributed by atoms with Crippen LogP contribution in [0.4, 0.5) is 0 Å². The number of likely N-dealkylation sites (N-methyl/N-ethyl adjacent to an activating group) is 1. The second kappa shape index (κ2) is 7.65. The standard InChI is InChI=1S/C18H24N4O3/c1-13-6-14(8-19-7-13)4-5-18(23)22(3)16-11-24-12-17(16)25-15-9-20-21(2)10-15/h6-10,16-17H,4-5,11-12H2,1-3H3/t16-,17+/m0/s1. The summed E-state index contributed by atoms with van der Waals surface area (Å²) in [7, 11) is 3.65. The van der Waals surface area contributed by atoms with Crippen molar-refractivity contribution in [3.05, 3.63) is 42.0 Å². The molecular weight excluding hydrogens is 320 g/mol. The van der Waals surface area contributed by atoms with Gasteiger partial charge in [-0.1, -0.05) is 6.07 Å². The van der Waals surface area contributed by atoms with Gasteiger partial charge in [-0.2, -0.15) is 5.10 Å². The Morgan fingerprint density at radius 3 is 2.96 bits per heavy atom. The molecule has 2 aromatic heterocycles. The number of nitrogens with zero attached hydrogens (tertiary/aromatic N) is 4. The number of carbonyl (C=O) groups excluding carboxylic acids is 1. The van der Waals surface area contributed by atoms with Gasteiger partial charge in [0.1, 0.15) is 6.10 Å². The molecule has 2 atom stereocenters. The summed E-state index contributed by atoms with van der Waals surface area (Å²) in [5, 5.41) is 4.10. The van der Waals surface area contributed by atoms with E-state index in [1.54, 1.807) is 15.8 Å². The van der Waals surface area contributed by atoms with Crippen LogP contribution in [0, 0.1) is 6.92 Å². The molecule has 2 aromatic rings. The number of aryl methyl sites for hydroxylation is 3. The molecule has 1 fully saturated rings. The van der Waals surface area contributed by atoms with Gasteiger partial charge in [0.05, 0.1) is 31.6 Å². The van der Waals surface area contributed by atoms with Gasteiger partial charge < -0.3 is 14.4 Å². The Hall–Kier alpha value is -2.41. The highest BCUT2D eigenvalue weighted by atomic mass is 16.5. The van der Waals surface area contributed by atoms with Crippen molar-refractivity contribution in [1.29, 1.82) is 0 Å². The number of pyridine rings is 1. The lowest BCUT2D eigenvalue weighted by atomic mass is 10.1. The quantitative estimate of drug-likeness (QED) is 0.791. The van der Waals surface area contributed by atoms with Crippen LogP contribution in [0.15, 0.2) is 30.9 Å². The Labute approximate surface area is 147 Å². The first-order chi connectivity index (χ1) is 12.0. The number of carbonyl (C=O) groups is 1. The maximum atomic E-state index is 12.6. The molecule has 0 saturated carbocycles. The Morgan fingerprint density at radius 1 is 1.40 bits per heavy atom. The minimum absolute atomic E-state index is 0.0804. The summed E-state index contributed by atoms with van der Waals surface area (Å²) in [5.41, 5.74) is 2.18. The lowest BCUT2D eigenvalue weighted by Gasteiger charge is -2.28. The van der Waals surface area contributed by atoms with E-state index in [0.29, 0.717) is 31.8 Å². The van der Waals surface area contributed by atoms with E-state index in [-0.39, 0.29) is 18.1 Å². The summed E-state index contributed by atoms with van der Waals surface area (Å²) in [4.78, 5) is 18.5. The third kappa shape index (κ3) is 4.36. The molecule has 1 aliphatic heterocycles. The monoisotopic (exact) mass is 344 g/mol. The molecule has 0 unspecified atom stereocenters. The number of ether oxygens (including phenoxy) is 2. The largest absolute Gasteiger partial charge is 0.482 e. The molecule has 7 heteroatoms. The first kappa shape index (κ1) is 17.4. The van der Waals surface area contributed by atoms with Crippen molar-refractivity contribution in [2.24, 2.45) is 7.05 Å². The molecule has 0 spiro atoms. The van der Waals surface area contributed by atoms with Crippen LogP contribution in [0.5, 0.6) is 5.75 Å². The normalized spacial score (nSPS) is 19.8. The van der Waals surface area contributed by atoms with Gasteiger partial charge in [0.25, 0.3) is 0 Å². The van der Waals surface area contributed by atoms with Crippen LogP contribution in [-0.4, -0.2) is 58.0 Å². The van der Waals surface area contributed by atoms with E-state index in [1.807, 2.05) is 39.6 Å². The van der Waals surface area contributed by atoms with Gasteiger partial charge >= 0.3 is 0 Å². The molecule has 134 valence electrons. The fraction of sp³-hybridized carbons (Fsp3) is 0.500. The molecule has 25 heavy (non-hydrogen) atoms. The fourth-order valence-corrected chi connectivity index (χ4v) is 3.00. The average molecular weight is 344 g/mol. The first-order valence-corrected chi connectivity index (χ1v) is 8.42. The predicted octanol–water partition coefficient (Wildman–Crippen LogP) is 1.36. The van der Waals surface area contributed by atoms with E-state index >= 15 is 0 Å². The maximum absolute atomic E-state index is 12.6. The average Bonchev–Trinajstić information content (AvgIpc) is 3.21. The van der Waals surface area contributed by atoms with E-state index in [4.69, 9.17) is 9.47 Å². The highest BCUT2D eigenvalue weighted by Gasteiger charge is 2.35. The van der Waals surface area contributed by atoms with Gasteiger partial charge in [-0.25, -0.2) is 0 Å². The molecule has 3 heterocycles. The van der Waals surface area contributed by atoms with Crippen molar-refractivity contribution in [3.8, 4) is 5.75 Å². The van der Waals surface area contributed by atoms with Crippen LogP contribution in [0.25, 0.3) is 0 Å². The summed E-state index contributed by atoms with van der Waals surface area (Å²) in [6.45, 7) is 2.96. The van der Waals surface area contributed by atoms with Gasteiger partial charge in [0.15, 0.2) is 5.75 Å². The molecule has 7 nitrogen and oxygen atoms in total. The molecule has 0 aromatic carbocycles. The minimum Gasteiger partial charge on any atom is -0.482 e. The van der Waals surface area contributed by atoms with Gasteiger partial charge in [-0.05, 0) is 24.5 Å². The van der Waals surface area contributed by atoms with Crippen LogP contribution >= 0.6 is 0 Å². The number of amides is 1. The van der Waals surface area contributed by atoms with Crippen molar-refractivity contribution in [1.82, 2.24) is 19.7 Å². The van der Waals surface area contributed by atoms with Crippen molar-refractivity contribution in [2.45, 2.75) is 31.9 Å². The van der Waals surface area contributed by atoms with E-state index in [2.05, 4.69) is 16.1 Å². The molecule has 0 radical (unpaired) electrons.